The molecule has 1 aromatic carbocycles. The molecular formula is C11H13F3N2O. The Morgan fingerprint density at radius 3 is 2.53 bits per heavy atom. The van der Waals surface area contributed by atoms with Gasteiger partial charge in [-0.3, -0.25) is 5.41 Å². The number of benzene rings is 1. The van der Waals surface area contributed by atoms with Crippen LogP contribution in [0.15, 0.2) is 18.2 Å². The lowest BCUT2D eigenvalue weighted by atomic mass is 10.1. The minimum Gasteiger partial charge on any atom is -0.493 e. The van der Waals surface area contributed by atoms with Crippen LogP contribution in [0.1, 0.15) is 24.5 Å². The Hall–Kier alpha value is -1.72. The summed E-state index contributed by atoms with van der Waals surface area (Å²) in [6, 6.07) is 3.35. The molecule has 0 aliphatic carbocycles. The van der Waals surface area contributed by atoms with E-state index in [-0.39, 0.29) is 17.9 Å². The van der Waals surface area contributed by atoms with Crippen LogP contribution in [0.25, 0.3) is 0 Å². The number of rotatable bonds is 4. The lowest BCUT2D eigenvalue weighted by molar-refractivity contribution is -0.138. The van der Waals surface area contributed by atoms with Gasteiger partial charge in [0, 0.05) is 5.56 Å². The molecule has 6 heteroatoms. The smallest absolute Gasteiger partial charge is 0.419 e. The molecule has 3 N–H and O–H groups in total. The molecule has 0 aliphatic rings. The summed E-state index contributed by atoms with van der Waals surface area (Å²) in [4.78, 5) is 0. The molecule has 0 atom stereocenters. The van der Waals surface area contributed by atoms with E-state index < -0.39 is 17.6 Å². The predicted octanol–water partition coefficient (Wildman–Crippen LogP) is 2.78. The minimum atomic E-state index is -4.52. The van der Waals surface area contributed by atoms with Crippen molar-refractivity contribution < 1.29 is 17.9 Å². The largest absolute Gasteiger partial charge is 0.493 e. The number of hydrogen-bond donors (Lipinski definition) is 2. The number of nitrogens with two attached hydrogens (primary N) is 1. The second kappa shape index (κ2) is 5.07. The van der Waals surface area contributed by atoms with E-state index in [4.69, 9.17) is 15.9 Å². The molecule has 94 valence electrons. The van der Waals surface area contributed by atoms with Crippen LogP contribution in [-0.2, 0) is 6.18 Å². The van der Waals surface area contributed by atoms with Gasteiger partial charge in [0.1, 0.15) is 11.6 Å². The Kier molecular flexibility index (Phi) is 3.98. The summed E-state index contributed by atoms with van der Waals surface area (Å²) in [6.45, 7) is 2.01. The van der Waals surface area contributed by atoms with Gasteiger partial charge in [0.25, 0.3) is 0 Å². The first-order valence-corrected chi connectivity index (χ1v) is 5.04. The van der Waals surface area contributed by atoms with Crippen molar-refractivity contribution in [3.63, 3.8) is 0 Å². The summed E-state index contributed by atoms with van der Waals surface area (Å²) in [5.74, 6) is -0.637. The lowest BCUT2D eigenvalue weighted by Crippen LogP contribution is -2.15. The van der Waals surface area contributed by atoms with Gasteiger partial charge in [-0.1, -0.05) is 6.92 Å². The first-order valence-electron chi connectivity index (χ1n) is 5.04. The molecule has 0 aromatic heterocycles. The van der Waals surface area contributed by atoms with Gasteiger partial charge in [0.2, 0.25) is 0 Å². The van der Waals surface area contributed by atoms with Crippen LogP contribution < -0.4 is 10.5 Å². The van der Waals surface area contributed by atoms with Gasteiger partial charge >= 0.3 is 6.18 Å². The summed E-state index contributed by atoms with van der Waals surface area (Å²) in [7, 11) is 0. The maximum absolute atomic E-state index is 12.7. The predicted molar refractivity (Wildman–Crippen MR) is 58.2 cm³/mol. The van der Waals surface area contributed by atoms with Crippen molar-refractivity contribution >= 4 is 5.84 Å². The Morgan fingerprint density at radius 1 is 1.41 bits per heavy atom. The third kappa shape index (κ3) is 3.37. The molecule has 1 rings (SSSR count). The molecule has 0 radical (unpaired) electrons. The Morgan fingerprint density at radius 2 is 2.06 bits per heavy atom. The molecule has 0 saturated carbocycles. The first-order chi connectivity index (χ1) is 7.86. The van der Waals surface area contributed by atoms with Gasteiger partial charge in [0.05, 0.1) is 12.2 Å². The summed E-state index contributed by atoms with van der Waals surface area (Å²) in [5, 5.41) is 7.11. The number of amidine groups is 1. The van der Waals surface area contributed by atoms with E-state index in [0.29, 0.717) is 6.42 Å². The van der Waals surface area contributed by atoms with E-state index in [2.05, 4.69) is 0 Å². The van der Waals surface area contributed by atoms with Gasteiger partial charge in [-0.05, 0) is 24.6 Å². The van der Waals surface area contributed by atoms with E-state index in [1.54, 1.807) is 6.92 Å². The highest BCUT2D eigenvalue weighted by molar-refractivity contribution is 5.95. The first kappa shape index (κ1) is 13.3. The Bertz CT molecular complexity index is 416. The molecule has 0 heterocycles. The average molecular weight is 246 g/mol. The van der Waals surface area contributed by atoms with E-state index in [1.807, 2.05) is 0 Å². The van der Waals surface area contributed by atoms with Crippen molar-refractivity contribution in [2.45, 2.75) is 19.5 Å². The SMILES string of the molecule is CCCOc1ccc(C(=N)N)cc1C(F)(F)F. The van der Waals surface area contributed by atoms with Gasteiger partial charge in [-0.15, -0.1) is 0 Å². The quantitative estimate of drug-likeness (QED) is 0.634. The maximum atomic E-state index is 12.7. The topological polar surface area (TPSA) is 59.1 Å². The van der Waals surface area contributed by atoms with Crippen LogP contribution >= 0.6 is 0 Å². The Labute approximate surface area is 96.9 Å². The van der Waals surface area contributed by atoms with E-state index in [0.717, 1.165) is 6.07 Å². The fourth-order valence-corrected chi connectivity index (χ4v) is 1.26. The standard InChI is InChI=1S/C11H13F3N2O/c1-2-5-17-9-4-3-7(10(15)16)6-8(9)11(12,13)14/h3-4,6H,2,5H2,1H3,(H3,15,16). The van der Waals surface area contributed by atoms with Crippen LogP contribution in [0.4, 0.5) is 13.2 Å². The number of nitrogen functional groups attached to an aromatic ring is 1. The van der Waals surface area contributed by atoms with Crippen molar-refractivity contribution in [2.24, 2.45) is 5.73 Å². The molecule has 0 saturated heterocycles. The second-order valence-corrected chi connectivity index (χ2v) is 3.47. The molecular weight excluding hydrogens is 233 g/mol. The summed E-state index contributed by atoms with van der Waals surface area (Å²) in [5.41, 5.74) is 4.28. The molecule has 1 aromatic rings. The number of ether oxygens (including phenoxy) is 1. The fourth-order valence-electron chi connectivity index (χ4n) is 1.26. The molecule has 0 aliphatic heterocycles. The van der Waals surface area contributed by atoms with Crippen molar-refractivity contribution in [1.29, 1.82) is 5.41 Å². The maximum Gasteiger partial charge on any atom is 0.419 e. The monoisotopic (exact) mass is 246 g/mol. The zero-order valence-corrected chi connectivity index (χ0v) is 9.27. The molecule has 3 nitrogen and oxygen atoms in total. The molecule has 0 unspecified atom stereocenters. The van der Waals surface area contributed by atoms with Gasteiger partial charge in [-0.2, -0.15) is 13.2 Å². The van der Waals surface area contributed by atoms with Crippen LogP contribution in [0.5, 0.6) is 5.75 Å². The third-order valence-corrected chi connectivity index (χ3v) is 2.06. The number of hydrogen-bond acceptors (Lipinski definition) is 2. The number of nitrogens with one attached hydrogen (secondary N) is 1. The normalized spacial score (nSPS) is 11.3. The zero-order chi connectivity index (χ0) is 13.1. The minimum absolute atomic E-state index is 0.0289. The molecule has 0 bridgehead atoms. The highest BCUT2D eigenvalue weighted by atomic mass is 19.4. The molecule has 17 heavy (non-hydrogen) atoms. The lowest BCUT2D eigenvalue weighted by Gasteiger charge is -2.14. The van der Waals surface area contributed by atoms with Crippen LogP contribution in [0.2, 0.25) is 0 Å². The van der Waals surface area contributed by atoms with E-state index >= 15 is 0 Å². The van der Waals surface area contributed by atoms with Gasteiger partial charge in [-0.25, -0.2) is 0 Å². The molecule has 0 amide bonds. The van der Waals surface area contributed by atoms with Crippen LogP contribution in [-0.4, -0.2) is 12.4 Å². The highest BCUT2D eigenvalue weighted by Gasteiger charge is 2.34. The van der Waals surface area contributed by atoms with E-state index in [9.17, 15) is 13.2 Å². The Balaban J connectivity index is 3.17. The van der Waals surface area contributed by atoms with Gasteiger partial charge in [0.15, 0.2) is 0 Å². The van der Waals surface area contributed by atoms with Crippen molar-refractivity contribution in [3.05, 3.63) is 29.3 Å². The summed E-state index contributed by atoms with van der Waals surface area (Å²) < 4.78 is 43.2. The van der Waals surface area contributed by atoms with Crippen molar-refractivity contribution in [3.8, 4) is 5.75 Å². The zero-order valence-electron chi connectivity index (χ0n) is 9.27. The van der Waals surface area contributed by atoms with Crippen molar-refractivity contribution in [1.82, 2.24) is 0 Å². The third-order valence-electron chi connectivity index (χ3n) is 2.06. The van der Waals surface area contributed by atoms with E-state index in [1.165, 1.54) is 12.1 Å². The van der Waals surface area contributed by atoms with Crippen LogP contribution in [0, 0.1) is 5.41 Å². The highest BCUT2D eigenvalue weighted by Crippen LogP contribution is 2.36. The number of halogens is 3. The van der Waals surface area contributed by atoms with Gasteiger partial charge < -0.3 is 10.5 Å². The average Bonchev–Trinajstić information content (AvgIpc) is 2.24. The van der Waals surface area contributed by atoms with Crippen molar-refractivity contribution in [2.75, 3.05) is 6.61 Å². The summed E-state index contributed by atoms with van der Waals surface area (Å²) >= 11 is 0. The molecule has 0 fully saturated rings. The number of alkyl halides is 3. The fraction of sp³-hybridized carbons (Fsp3) is 0.364. The summed E-state index contributed by atoms with van der Waals surface area (Å²) in [6.07, 6.45) is -3.90. The van der Waals surface area contributed by atoms with Crippen LogP contribution in [0.3, 0.4) is 0 Å². The molecule has 0 spiro atoms. The second-order valence-electron chi connectivity index (χ2n) is 3.47.